The third-order valence-corrected chi connectivity index (χ3v) is 6.07. The number of carbonyl (C=O) groups is 1. The molecule has 0 saturated heterocycles. The van der Waals surface area contributed by atoms with Crippen LogP contribution in [0.2, 0.25) is 10.0 Å². The molecule has 0 aliphatic carbocycles. The average Bonchev–Trinajstić information content (AvgIpc) is 3.17. The number of halogens is 5. The largest absolute Gasteiger partial charge is 0.481 e. The Balaban J connectivity index is 1.70. The van der Waals surface area contributed by atoms with E-state index >= 15 is 0 Å². The van der Waals surface area contributed by atoms with Crippen molar-refractivity contribution in [2.45, 2.75) is 30.9 Å². The van der Waals surface area contributed by atoms with Gasteiger partial charge < -0.3 is 10.1 Å². The molecular weight excluding hydrogens is 512 g/mol. The molecule has 0 saturated carbocycles. The fourth-order valence-electron chi connectivity index (χ4n) is 2.91. The number of hydrogen-bond acceptors (Lipinski definition) is 5. The summed E-state index contributed by atoms with van der Waals surface area (Å²) in [5, 5.41) is 11.6. The van der Waals surface area contributed by atoms with Crippen molar-refractivity contribution in [3.63, 3.8) is 0 Å². The van der Waals surface area contributed by atoms with Gasteiger partial charge in [-0.1, -0.05) is 53.2 Å². The predicted molar refractivity (Wildman–Crippen MR) is 127 cm³/mol. The summed E-state index contributed by atoms with van der Waals surface area (Å²) in [5.74, 6) is 0.281. The first-order chi connectivity index (χ1) is 16.1. The lowest BCUT2D eigenvalue weighted by atomic mass is 10.2. The lowest BCUT2D eigenvalue weighted by molar-refractivity contribution is -0.137. The highest BCUT2D eigenvalue weighted by Gasteiger charge is 2.31. The Labute approximate surface area is 208 Å². The van der Waals surface area contributed by atoms with Crippen molar-refractivity contribution in [3.05, 3.63) is 76.6 Å². The van der Waals surface area contributed by atoms with E-state index < -0.39 is 23.8 Å². The standard InChI is InChI=1S/C22H19Cl2F3N4O2S/c1-3-10-31-20(13(2)33-18-7-5-4-6-16(18)24)29-30-21(31)34-12-19(32)28-17-11-14(22(25,26)27)8-9-15(17)23/h3-9,11,13H,1,10,12H2,2H3,(H,28,32). The Morgan fingerprint density at radius 3 is 2.65 bits per heavy atom. The molecule has 180 valence electrons. The fourth-order valence-corrected chi connectivity index (χ4v) is 4.01. The lowest BCUT2D eigenvalue weighted by Crippen LogP contribution is -2.16. The van der Waals surface area contributed by atoms with Crippen molar-refractivity contribution in [1.82, 2.24) is 14.8 Å². The minimum Gasteiger partial charge on any atom is -0.481 e. The molecule has 0 bridgehead atoms. The van der Waals surface area contributed by atoms with Crippen LogP contribution in [0, 0.1) is 0 Å². The Morgan fingerprint density at radius 1 is 1.24 bits per heavy atom. The van der Waals surface area contributed by atoms with E-state index in [-0.39, 0.29) is 16.5 Å². The molecule has 0 fully saturated rings. The van der Waals surface area contributed by atoms with Gasteiger partial charge >= 0.3 is 6.18 Å². The van der Waals surface area contributed by atoms with Crippen molar-refractivity contribution in [2.75, 3.05) is 11.1 Å². The van der Waals surface area contributed by atoms with Crippen LogP contribution in [0.5, 0.6) is 5.75 Å². The van der Waals surface area contributed by atoms with Gasteiger partial charge in [-0.2, -0.15) is 13.2 Å². The number of anilines is 1. The number of benzene rings is 2. The van der Waals surface area contributed by atoms with Crippen LogP contribution in [0.4, 0.5) is 18.9 Å². The molecule has 6 nitrogen and oxygen atoms in total. The van der Waals surface area contributed by atoms with Gasteiger partial charge in [-0.15, -0.1) is 16.8 Å². The van der Waals surface area contributed by atoms with Gasteiger partial charge in [0.2, 0.25) is 5.91 Å². The molecule has 3 aromatic rings. The molecule has 34 heavy (non-hydrogen) atoms. The number of carbonyl (C=O) groups excluding carboxylic acids is 1. The first-order valence-electron chi connectivity index (χ1n) is 9.84. The maximum absolute atomic E-state index is 12.9. The summed E-state index contributed by atoms with van der Waals surface area (Å²) in [6.45, 7) is 5.86. The Bertz CT molecular complexity index is 1190. The second-order valence-electron chi connectivity index (χ2n) is 6.96. The second-order valence-corrected chi connectivity index (χ2v) is 8.72. The summed E-state index contributed by atoms with van der Waals surface area (Å²) in [4.78, 5) is 12.4. The van der Waals surface area contributed by atoms with Crippen LogP contribution in [0.3, 0.4) is 0 Å². The van der Waals surface area contributed by atoms with Crippen molar-refractivity contribution in [3.8, 4) is 5.75 Å². The smallest absolute Gasteiger partial charge is 0.416 e. The Hall–Kier alpha value is -2.69. The minimum atomic E-state index is -4.56. The van der Waals surface area contributed by atoms with Gasteiger partial charge in [0.15, 0.2) is 17.1 Å². The van der Waals surface area contributed by atoms with Crippen LogP contribution in [-0.2, 0) is 17.5 Å². The molecule has 1 atom stereocenters. The summed E-state index contributed by atoms with van der Waals surface area (Å²) >= 11 is 13.2. The first kappa shape index (κ1) is 25.9. The summed E-state index contributed by atoms with van der Waals surface area (Å²) in [6, 6.07) is 9.72. The number of rotatable bonds is 9. The molecule has 0 aliphatic heterocycles. The molecule has 1 N–H and O–H groups in total. The average molecular weight is 531 g/mol. The maximum Gasteiger partial charge on any atom is 0.416 e. The van der Waals surface area contributed by atoms with Gasteiger partial charge in [-0.25, -0.2) is 0 Å². The van der Waals surface area contributed by atoms with E-state index in [9.17, 15) is 18.0 Å². The van der Waals surface area contributed by atoms with Gasteiger partial charge in [0.05, 0.1) is 27.0 Å². The van der Waals surface area contributed by atoms with Crippen LogP contribution in [0.15, 0.2) is 60.3 Å². The lowest BCUT2D eigenvalue weighted by Gasteiger charge is -2.16. The highest BCUT2D eigenvalue weighted by atomic mass is 35.5. The van der Waals surface area contributed by atoms with Crippen LogP contribution in [0.1, 0.15) is 24.4 Å². The summed E-state index contributed by atoms with van der Waals surface area (Å²) in [6.07, 6.45) is -3.43. The fraction of sp³-hybridized carbons (Fsp3) is 0.227. The van der Waals surface area contributed by atoms with Crippen LogP contribution < -0.4 is 10.1 Å². The maximum atomic E-state index is 12.9. The topological polar surface area (TPSA) is 69.0 Å². The molecule has 1 heterocycles. The molecule has 2 aromatic carbocycles. The zero-order valence-corrected chi connectivity index (χ0v) is 20.1. The Morgan fingerprint density at radius 2 is 1.97 bits per heavy atom. The van der Waals surface area contributed by atoms with E-state index in [0.29, 0.717) is 28.3 Å². The molecule has 12 heteroatoms. The zero-order valence-electron chi connectivity index (χ0n) is 17.8. The van der Waals surface area contributed by atoms with E-state index in [0.717, 1.165) is 30.0 Å². The van der Waals surface area contributed by atoms with E-state index in [1.165, 1.54) is 0 Å². The van der Waals surface area contributed by atoms with Crippen molar-refractivity contribution in [2.24, 2.45) is 0 Å². The number of alkyl halides is 3. The number of allylic oxidation sites excluding steroid dienone is 1. The molecule has 0 aliphatic rings. The zero-order chi connectivity index (χ0) is 24.9. The van der Waals surface area contributed by atoms with Crippen LogP contribution in [0.25, 0.3) is 0 Å². The summed E-state index contributed by atoms with van der Waals surface area (Å²) < 4.78 is 46.5. The highest BCUT2D eigenvalue weighted by Crippen LogP contribution is 2.34. The van der Waals surface area contributed by atoms with Gasteiger partial charge in [-0.05, 0) is 37.3 Å². The van der Waals surface area contributed by atoms with Crippen molar-refractivity contribution < 1.29 is 22.7 Å². The first-order valence-corrected chi connectivity index (χ1v) is 11.6. The number of hydrogen-bond donors (Lipinski definition) is 1. The molecule has 1 amide bonds. The number of nitrogens with zero attached hydrogens (tertiary/aromatic N) is 3. The van der Waals surface area contributed by atoms with Gasteiger partial charge in [0, 0.05) is 6.54 Å². The number of para-hydroxylation sites is 1. The Kier molecular flexibility index (Phi) is 8.51. The molecule has 0 spiro atoms. The van der Waals surface area contributed by atoms with Crippen molar-refractivity contribution >= 4 is 46.6 Å². The van der Waals surface area contributed by atoms with E-state index in [2.05, 4.69) is 22.1 Å². The van der Waals surface area contributed by atoms with E-state index in [1.807, 2.05) is 0 Å². The predicted octanol–water partition coefficient (Wildman–Crippen LogP) is 6.66. The number of ether oxygens (including phenoxy) is 1. The van der Waals surface area contributed by atoms with E-state index in [1.54, 1.807) is 41.8 Å². The third kappa shape index (κ3) is 6.46. The van der Waals surface area contributed by atoms with Crippen LogP contribution in [-0.4, -0.2) is 26.4 Å². The van der Waals surface area contributed by atoms with Gasteiger partial charge in [0.1, 0.15) is 5.75 Å². The second kappa shape index (κ2) is 11.2. The third-order valence-electron chi connectivity index (χ3n) is 4.46. The quantitative estimate of drug-likeness (QED) is 0.247. The summed E-state index contributed by atoms with van der Waals surface area (Å²) in [5.41, 5.74) is -1.04. The monoisotopic (exact) mass is 530 g/mol. The molecule has 1 unspecified atom stereocenters. The highest BCUT2D eigenvalue weighted by molar-refractivity contribution is 7.99. The number of aromatic nitrogens is 3. The molecular formula is C22H19Cl2F3N4O2S. The molecule has 1 aromatic heterocycles. The number of nitrogens with one attached hydrogen (secondary N) is 1. The van der Waals surface area contributed by atoms with Gasteiger partial charge in [0.25, 0.3) is 0 Å². The van der Waals surface area contributed by atoms with Crippen molar-refractivity contribution in [1.29, 1.82) is 0 Å². The van der Waals surface area contributed by atoms with Crippen LogP contribution >= 0.6 is 35.0 Å². The number of amides is 1. The van der Waals surface area contributed by atoms with E-state index in [4.69, 9.17) is 27.9 Å². The van der Waals surface area contributed by atoms with Gasteiger partial charge in [-0.3, -0.25) is 9.36 Å². The SMILES string of the molecule is C=CCn1c(SCC(=O)Nc2cc(C(F)(F)F)ccc2Cl)nnc1C(C)Oc1ccccc1Cl. The summed E-state index contributed by atoms with van der Waals surface area (Å²) in [7, 11) is 0. The molecule has 3 rings (SSSR count). The normalized spacial score (nSPS) is 12.3. The minimum absolute atomic E-state index is 0.00555. The number of thioether (sulfide) groups is 1. The molecule has 0 radical (unpaired) electrons.